The van der Waals surface area contributed by atoms with Crippen LogP contribution >= 0.6 is 0 Å². The van der Waals surface area contributed by atoms with Gasteiger partial charge in [0.25, 0.3) is 0 Å². The highest BCUT2D eigenvalue weighted by atomic mass is 19.1. The zero-order valence-electron chi connectivity index (χ0n) is 10.7. The molecule has 21 heavy (non-hydrogen) atoms. The van der Waals surface area contributed by atoms with E-state index < -0.39 is 23.3 Å². The first-order chi connectivity index (χ1) is 9.97. The predicted molar refractivity (Wildman–Crippen MR) is 70.6 cm³/mol. The first-order valence-corrected chi connectivity index (χ1v) is 5.96. The van der Waals surface area contributed by atoms with E-state index in [1.54, 1.807) is 12.1 Å². The number of carboxylic acid groups (broad SMARTS) is 1. The lowest BCUT2D eigenvalue weighted by atomic mass is 10.0. The summed E-state index contributed by atoms with van der Waals surface area (Å²) in [6.45, 7) is 0. The van der Waals surface area contributed by atoms with Crippen molar-refractivity contribution in [1.29, 1.82) is 0 Å². The fourth-order valence-corrected chi connectivity index (χ4v) is 1.81. The Kier molecular flexibility index (Phi) is 4.18. The van der Waals surface area contributed by atoms with Gasteiger partial charge in [0, 0.05) is 18.1 Å². The summed E-state index contributed by atoms with van der Waals surface area (Å²) in [7, 11) is 0. The second-order valence-corrected chi connectivity index (χ2v) is 4.28. The van der Waals surface area contributed by atoms with E-state index in [2.05, 4.69) is 0 Å². The summed E-state index contributed by atoms with van der Waals surface area (Å²) in [4.78, 5) is 22.3. The Balaban J connectivity index is 2.25. The molecule has 0 unspecified atom stereocenters. The van der Waals surface area contributed by atoms with Gasteiger partial charge in [0.1, 0.15) is 5.82 Å². The number of carbonyl (C=O) groups excluding carboxylic acids is 1. The van der Waals surface area contributed by atoms with E-state index in [0.717, 1.165) is 0 Å². The van der Waals surface area contributed by atoms with Crippen molar-refractivity contribution in [2.75, 3.05) is 0 Å². The molecule has 0 aliphatic heterocycles. The summed E-state index contributed by atoms with van der Waals surface area (Å²) in [6, 6.07) is 7.39. The molecule has 0 saturated heterocycles. The zero-order chi connectivity index (χ0) is 15.4. The number of carbonyl (C=O) groups is 2. The summed E-state index contributed by atoms with van der Waals surface area (Å²) in [5.74, 6) is -3.94. The van der Waals surface area contributed by atoms with Gasteiger partial charge >= 0.3 is 5.97 Å². The minimum atomic E-state index is -1.61. The summed E-state index contributed by atoms with van der Waals surface area (Å²) >= 11 is 0. The molecule has 5 nitrogen and oxygen atoms in total. The van der Waals surface area contributed by atoms with Crippen molar-refractivity contribution in [2.45, 2.75) is 6.42 Å². The third-order valence-electron chi connectivity index (χ3n) is 2.74. The van der Waals surface area contributed by atoms with Gasteiger partial charge in [-0.25, -0.2) is 9.18 Å². The van der Waals surface area contributed by atoms with Crippen molar-refractivity contribution < 1.29 is 28.6 Å². The summed E-state index contributed by atoms with van der Waals surface area (Å²) in [5, 5.41) is 17.6. The van der Waals surface area contributed by atoms with Crippen molar-refractivity contribution in [1.82, 2.24) is 0 Å². The van der Waals surface area contributed by atoms with Gasteiger partial charge in [-0.3, -0.25) is 4.79 Å². The fourth-order valence-electron chi connectivity index (χ4n) is 1.81. The van der Waals surface area contributed by atoms with Gasteiger partial charge in [0.2, 0.25) is 11.5 Å². The van der Waals surface area contributed by atoms with Crippen LogP contribution in [-0.4, -0.2) is 22.0 Å². The number of hydrogen-bond donors (Lipinski definition) is 2. The molecule has 1 aromatic carbocycles. The molecule has 108 valence electrons. The largest absolute Gasteiger partial charge is 0.502 e. The average Bonchev–Trinajstić information content (AvgIpc) is 2.86. The van der Waals surface area contributed by atoms with E-state index in [9.17, 15) is 14.0 Å². The molecule has 2 rings (SSSR count). The lowest BCUT2D eigenvalue weighted by Crippen LogP contribution is -2.05. The minimum Gasteiger partial charge on any atom is -0.502 e. The molecule has 2 aromatic rings. The molecule has 0 amide bonds. The van der Waals surface area contributed by atoms with Gasteiger partial charge in [-0.15, -0.1) is 0 Å². The number of ketones is 1. The first kappa shape index (κ1) is 14.5. The number of hydrogen-bond acceptors (Lipinski definition) is 4. The van der Waals surface area contributed by atoms with E-state index in [1.165, 1.54) is 24.5 Å². The van der Waals surface area contributed by atoms with E-state index in [-0.39, 0.29) is 12.2 Å². The third kappa shape index (κ3) is 3.56. The Labute approximate surface area is 118 Å². The summed E-state index contributed by atoms with van der Waals surface area (Å²) in [5.41, 5.74) is 1.11. The molecular formula is C15H11FO5. The normalized spacial score (nSPS) is 11.4. The van der Waals surface area contributed by atoms with Crippen LogP contribution in [0.5, 0.6) is 0 Å². The van der Waals surface area contributed by atoms with Crippen LogP contribution in [0.1, 0.15) is 21.7 Å². The quantitative estimate of drug-likeness (QED) is 0.502. The number of aliphatic hydroxyl groups excluding tert-OH is 1. The van der Waals surface area contributed by atoms with Crippen LogP contribution in [0.4, 0.5) is 4.39 Å². The zero-order valence-corrected chi connectivity index (χ0v) is 10.7. The second kappa shape index (κ2) is 6.04. The SMILES string of the molecule is O=C(O)C(O)=CC(=O)c1occc1Cc1cccc(F)c1. The van der Waals surface area contributed by atoms with Crippen molar-refractivity contribution in [3.63, 3.8) is 0 Å². The molecule has 0 saturated carbocycles. The lowest BCUT2D eigenvalue weighted by molar-refractivity contribution is -0.135. The Morgan fingerprint density at radius 2 is 2.00 bits per heavy atom. The standard InChI is InChI=1S/C15H11FO5/c16-11-3-1-2-9(7-11)6-10-4-5-21-14(10)12(17)8-13(18)15(19)20/h1-5,7-8,18H,6H2,(H,19,20). The molecule has 0 atom stereocenters. The van der Waals surface area contributed by atoms with Crippen LogP contribution < -0.4 is 0 Å². The van der Waals surface area contributed by atoms with Gasteiger partial charge in [0.15, 0.2) is 5.76 Å². The van der Waals surface area contributed by atoms with Crippen molar-refractivity contribution in [3.05, 3.63) is 71.1 Å². The molecule has 0 radical (unpaired) electrons. The number of benzene rings is 1. The second-order valence-electron chi connectivity index (χ2n) is 4.28. The molecule has 1 heterocycles. The number of carboxylic acids is 1. The predicted octanol–water partition coefficient (Wildman–Crippen LogP) is 2.72. The van der Waals surface area contributed by atoms with Gasteiger partial charge in [-0.1, -0.05) is 12.1 Å². The van der Waals surface area contributed by atoms with Crippen molar-refractivity contribution in [3.8, 4) is 0 Å². The molecule has 1 aromatic heterocycles. The van der Waals surface area contributed by atoms with Crippen molar-refractivity contribution in [2.24, 2.45) is 0 Å². The molecule has 0 bridgehead atoms. The minimum absolute atomic E-state index is 0.0907. The van der Waals surface area contributed by atoms with E-state index >= 15 is 0 Å². The molecule has 0 fully saturated rings. The summed E-state index contributed by atoms with van der Waals surface area (Å²) in [6.07, 6.45) is 2.08. The highest BCUT2D eigenvalue weighted by Crippen LogP contribution is 2.18. The number of aliphatic carboxylic acids is 1. The Bertz CT molecular complexity index is 714. The molecule has 6 heteroatoms. The van der Waals surface area contributed by atoms with Crippen molar-refractivity contribution >= 4 is 11.8 Å². The van der Waals surface area contributed by atoms with Crippen LogP contribution in [0.25, 0.3) is 0 Å². The third-order valence-corrected chi connectivity index (χ3v) is 2.74. The summed E-state index contributed by atoms with van der Waals surface area (Å²) < 4.78 is 18.1. The van der Waals surface area contributed by atoms with Crippen LogP contribution in [0, 0.1) is 5.82 Å². The molecular weight excluding hydrogens is 279 g/mol. The number of rotatable bonds is 5. The highest BCUT2D eigenvalue weighted by molar-refractivity contribution is 6.06. The Hall–Kier alpha value is -2.89. The molecule has 0 aliphatic carbocycles. The highest BCUT2D eigenvalue weighted by Gasteiger charge is 2.16. The van der Waals surface area contributed by atoms with Crippen LogP contribution in [0.3, 0.4) is 0 Å². The van der Waals surface area contributed by atoms with E-state index in [1.807, 2.05) is 0 Å². The number of aliphatic hydroxyl groups is 1. The topological polar surface area (TPSA) is 87.7 Å². The number of furan rings is 1. The fraction of sp³-hybridized carbons (Fsp3) is 0.0667. The van der Waals surface area contributed by atoms with E-state index in [4.69, 9.17) is 14.6 Å². The Morgan fingerprint density at radius 1 is 1.24 bits per heavy atom. The maximum atomic E-state index is 13.1. The maximum Gasteiger partial charge on any atom is 0.371 e. The number of allylic oxidation sites excluding steroid dienone is 1. The van der Waals surface area contributed by atoms with Crippen LogP contribution in [0.2, 0.25) is 0 Å². The van der Waals surface area contributed by atoms with Crippen LogP contribution in [0.15, 0.2) is 52.8 Å². The van der Waals surface area contributed by atoms with Crippen LogP contribution in [-0.2, 0) is 11.2 Å². The van der Waals surface area contributed by atoms with Gasteiger partial charge in [-0.05, 0) is 23.8 Å². The number of halogens is 1. The lowest BCUT2D eigenvalue weighted by Gasteiger charge is -2.01. The van der Waals surface area contributed by atoms with E-state index in [0.29, 0.717) is 17.2 Å². The molecule has 2 N–H and O–H groups in total. The monoisotopic (exact) mass is 290 g/mol. The van der Waals surface area contributed by atoms with Gasteiger partial charge in [-0.2, -0.15) is 0 Å². The molecule has 0 spiro atoms. The maximum absolute atomic E-state index is 13.1. The van der Waals surface area contributed by atoms with Gasteiger partial charge in [0.05, 0.1) is 6.26 Å². The first-order valence-electron chi connectivity index (χ1n) is 5.96. The average molecular weight is 290 g/mol. The smallest absolute Gasteiger partial charge is 0.371 e. The van der Waals surface area contributed by atoms with Gasteiger partial charge < -0.3 is 14.6 Å². The Morgan fingerprint density at radius 3 is 2.67 bits per heavy atom. The molecule has 0 aliphatic rings.